The molecule has 2 amide bonds. The highest BCUT2D eigenvalue weighted by molar-refractivity contribution is 8.00. The molecule has 1 aliphatic rings. The molecule has 1 fully saturated rings. The van der Waals surface area contributed by atoms with Crippen molar-refractivity contribution in [3.63, 3.8) is 0 Å². The summed E-state index contributed by atoms with van der Waals surface area (Å²) in [5.41, 5.74) is 3.75. The number of carbonyl (C=O) groups is 2. The van der Waals surface area contributed by atoms with Crippen molar-refractivity contribution in [2.75, 3.05) is 5.75 Å². The Balaban J connectivity index is 1.42. The number of nitrogens with one attached hydrogen (secondary N) is 1. The lowest BCUT2D eigenvalue weighted by Gasteiger charge is -2.24. The third kappa shape index (κ3) is 4.66. The maximum atomic E-state index is 12.4. The first-order chi connectivity index (χ1) is 14.2. The Kier molecular flexibility index (Phi) is 5.91. The summed E-state index contributed by atoms with van der Waals surface area (Å²) in [6, 6.07) is 21.3. The Morgan fingerprint density at radius 2 is 1.72 bits per heavy atom. The van der Waals surface area contributed by atoms with Crippen LogP contribution in [0.25, 0.3) is 0 Å². The quantitative estimate of drug-likeness (QED) is 0.680. The first kappa shape index (κ1) is 19.2. The molecule has 146 valence electrons. The van der Waals surface area contributed by atoms with Crippen LogP contribution in [0.5, 0.6) is 0 Å². The summed E-state index contributed by atoms with van der Waals surface area (Å²) in [7, 11) is 0. The number of hydrogen-bond donors (Lipinski definition) is 1. The molecule has 1 aliphatic heterocycles. The van der Waals surface area contributed by atoms with Crippen LogP contribution < -0.4 is 5.32 Å². The second-order valence-electron chi connectivity index (χ2n) is 6.83. The number of rotatable bonds is 6. The summed E-state index contributed by atoms with van der Waals surface area (Å²) in [4.78, 5) is 30.7. The van der Waals surface area contributed by atoms with Gasteiger partial charge in [0.05, 0.1) is 5.75 Å². The van der Waals surface area contributed by atoms with Crippen molar-refractivity contribution in [1.82, 2.24) is 15.2 Å². The van der Waals surface area contributed by atoms with Gasteiger partial charge >= 0.3 is 0 Å². The molecular formula is C23H21N3O2S. The van der Waals surface area contributed by atoms with Gasteiger partial charge < -0.3 is 10.2 Å². The average Bonchev–Trinajstić information content (AvgIpc) is 3.14. The minimum absolute atomic E-state index is 0.0309. The molecule has 5 nitrogen and oxygen atoms in total. The lowest BCUT2D eigenvalue weighted by atomic mass is 10.1. The van der Waals surface area contributed by atoms with E-state index < -0.39 is 0 Å². The zero-order chi connectivity index (χ0) is 20.1. The highest BCUT2D eigenvalue weighted by Crippen LogP contribution is 2.39. The van der Waals surface area contributed by atoms with Gasteiger partial charge in [0.25, 0.3) is 5.91 Å². The van der Waals surface area contributed by atoms with Gasteiger partial charge in [-0.15, -0.1) is 11.8 Å². The van der Waals surface area contributed by atoms with E-state index in [9.17, 15) is 9.59 Å². The maximum Gasteiger partial charge on any atom is 0.251 e. The number of thioether (sulfide) groups is 1. The lowest BCUT2D eigenvalue weighted by molar-refractivity contribution is -0.128. The molecule has 0 spiro atoms. The van der Waals surface area contributed by atoms with E-state index >= 15 is 0 Å². The Bertz CT molecular complexity index is 978. The summed E-state index contributed by atoms with van der Waals surface area (Å²) < 4.78 is 0. The Morgan fingerprint density at radius 3 is 2.45 bits per heavy atom. The number of hydrogen-bond acceptors (Lipinski definition) is 4. The number of aromatic nitrogens is 1. The summed E-state index contributed by atoms with van der Waals surface area (Å²) >= 11 is 1.62. The van der Waals surface area contributed by atoms with E-state index in [1.54, 1.807) is 24.2 Å². The van der Waals surface area contributed by atoms with Crippen LogP contribution in [0.4, 0.5) is 0 Å². The summed E-state index contributed by atoms with van der Waals surface area (Å²) in [6.45, 7) is 1.05. The maximum absolute atomic E-state index is 12.4. The molecule has 29 heavy (non-hydrogen) atoms. The first-order valence-corrected chi connectivity index (χ1v) is 10.5. The fourth-order valence-corrected chi connectivity index (χ4v) is 4.45. The Labute approximate surface area is 174 Å². The van der Waals surface area contributed by atoms with Crippen molar-refractivity contribution in [2.24, 2.45) is 0 Å². The van der Waals surface area contributed by atoms with Gasteiger partial charge in [0, 0.05) is 31.0 Å². The van der Waals surface area contributed by atoms with E-state index in [1.165, 1.54) is 0 Å². The van der Waals surface area contributed by atoms with Crippen LogP contribution in [0, 0.1) is 0 Å². The molecule has 1 saturated heterocycles. The topological polar surface area (TPSA) is 62.3 Å². The zero-order valence-electron chi connectivity index (χ0n) is 15.8. The van der Waals surface area contributed by atoms with E-state index in [0.29, 0.717) is 24.4 Å². The second-order valence-corrected chi connectivity index (χ2v) is 7.90. The van der Waals surface area contributed by atoms with Gasteiger partial charge in [0.2, 0.25) is 5.91 Å². The summed E-state index contributed by atoms with van der Waals surface area (Å²) in [5.74, 6) is 0.499. The fourth-order valence-electron chi connectivity index (χ4n) is 3.27. The molecule has 0 aliphatic carbocycles. The minimum Gasteiger partial charge on any atom is -0.348 e. The first-order valence-electron chi connectivity index (χ1n) is 9.43. The highest BCUT2D eigenvalue weighted by Gasteiger charge is 2.32. The van der Waals surface area contributed by atoms with Crippen molar-refractivity contribution < 1.29 is 9.59 Å². The third-order valence-electron chi connectivity index (χ3n) is 4.82. The van der Waals surface area contributed by atoms with Crippen LogP contribution in [0.1, 0.15) is 32.4 Å². The molecule has 0 bridgehead atoms. The van der Waals surface area contributed by atoms with Crippen molar-refractivity contribution in [3.8, 4) is 0 Å². The molecule has 1 unspecified atom stereocenters. The average molecular weight is 404 g/mol. The van der Waals surface area contributed by atoms with Gasteiger partial charge in [-0.2, -0.15) is 0 Å². The van der Waals surface area contributed by atoms with Gasteiger partial charge in [0.1, 0.15) is 5.37 Å². The summed E-state index contributed by atoms with van der Waals surface area (Å²) in [5, 5.41) is 2.89. The smallest absolute Gasteiger partial charge is 0.251 e. The Hall–Kier alpha value is -3.12. The SMILES string of the molecule is O=C(NCc1ccncc1)c1ccc(C2SCC(=O)N2Cc2ccccc2)cc1. The largest absolute Gasteiger partial charge is 0.348 e. The van der Waals surface area contributed by atoms with Crippen LogP contribution in [0.3, 0.4) is 0 Å². The fraction of sp³-hybridized carbons (Fsp3) is 0.174. The van der Waals surface area contributed by atoms with E-state index in [2.05, 4.69) is 10.3 Å². The van der Waals surface area contributed by atoms with Crippen LogP contribution in [-0.2, 0) is 17.9 Å². The van der Waals surface area contributed by atoms with Gasteiger partial charge in [-0.1, -0.05) is 42.5 Å². The predicted molar refractivity (Wildman–Crippen MR) is 114 cm³/mol. The summed E-state index contributed by atoms with van der Waals surface area (Å²) in [6.07, 6.45) is 3.41. The van der Waals surface area contributed by atoms with Crippen molar-refractivity contribution >= 4 is 23.6 Å². The zero-order valence-corrected chi connectivity index (χ0v) is 16.6. The predicted octanol–water partition coefficient (Wildman–Crippen LogP) is 3.79. The molecule has 1 atom stereocenters. The second kappa shape index (κ2) is 8.92. The molecule has 6 heteroatoms. The van der Waals surface area contributed by atoms with Crippen molar-refractivity contribution in [3.05, 3.63) is 101 Å². The van der Waals surface area contributed by atoms with Crippen molar-refractivity contribution in [2.45, 2.75) is 18.5 Å². The van der Waals surface area contributed by atoms with Gasteiger partial charge in [-0.25, -0.2) is 0 Å². The third-order valence-corrected chi connectivity index (χ3v) is 6.08. The standard InChI is InChI=1S/C23H21N3O2S/c27-21-16-29-23(26(21)15-18-4-2-1-3-5-18)20-8-6-19(7-9-20)22(28)25-14-17-10-12-24-13-11-17/h1-13,23H,14-16H2,(H,25,28). The van der Waals surface area contributed by atoms with Crippen LogP contribution in [-0.4, -0.2) is 27.5 Å². The number of carbonyl (C=O) groups excluding carboxylic acids is 2. The number of pyridine rings is 1. The molecule has 3 aromatic rings. The molecular weight excluding hydrogens is 382 g/mol. The van der Waals surface area contributed by atoms with Crippen LogP contribution in [0.15, 0.2) is 79.1 Å². The molecule has 0 saturated carbocycles. The highest BCUT2D eigenvalue weighted by atomic mass is 32.2. The normalized spacial score (nSPS) is 16.1. The lowest BCUT2D eigenvalue weighted by Crippen LogP contribution is -2.27. The molecule has 2 aromatic carbocycles. The molecule has 4 rings (SSSR count). The van der Waals surface area contributed by atoms with E-state index in [0.717, 1.165) is 16.7 Å². The Morgan fingerprint density at radius 1 is 1.00 bits per heavy atom. The van der Waals surface area contributed by atoms with E-state index in [4.69, 9.17) is 0 Å². The van der Waals surface area contributed by atoms with E-state index in [-0.39, 0.29) is 17.2 Å². The molecule has 2 heterocycles. The van der Waals surface area contributed by atoms with Crippen molar-refractivity contribution in [1.29, 1.82) is 0 Å². The van der Waals surface area contributed by atoms with Gasteiger partial charge in [-0.3, -0.25) is 14.6 Å². The molecule has 0 radical (unpaired) electrons. The monoisotopic (exact) mass is 403 g/mol. The molecule has 1 N–H and O–H groups in total. The number of nitrogens with zero attached hydrogens (tertiary/aromatic N) is 2. The van der Waals surface area contributed by atoms with Gasteiger partial charge in [0.15, 0.2) is 0 Å². The number of benzene rings is 2. The molecule has 1 aromatic heterocycles. The van der Waals surface area contributed by atoms with Crippen LogP contribution in [0.2, 0.25) is 0 Å². The van der Waals surface area contributed by atoms with Crippen LogP contribution >= 0.6 is 11.8 Å². The van der Waals surface area contributed by atoms with Gasteiger partial charge in [-0.05, 0) is 41.0 Å². The van der Waals surface area contributed by atoms with E-state index in [1.807, 2.05) is 71.6 Å². The minimum atomic E-state index is -0.121. The number of amides is 2.